The second-order valence-corrected chi connectivity index (χ2v) is 17.3. The summed E-state index contributed by atoms with van der Waals surface area (Å²) in [5, 5.41) is 7.23. The average Bonchev–Trinajstić information content (AvgIpc) is 3.95. The van der Waals surface area contributed by atoms with Crippen LogP contribution in [0, 0.1) is 0 Å². The van der Waals surface area contributed by atoms with Gasteiger partial charge >= 0.3 is 0 Å². The van der Waals surface area contributed by atoms with Crippen molar-refractivity contribution in [3.63, 3.8) is 0 Å². The number of aromatic nitrogens is 1. The molecule has 0 spiro atoms. The minimum Gasteiger partial charge on any atom is -0.456 e. The molecule has 0 bridgehead atoms. The largest absolute Gasteiger partial charge is 0.456 e. The first-order valence-corrected chi connectivity index (χ1v) is 22.9. The van der Waals surface area contributed by atoms with Crippen LogP contribution < -0.4 is 4.90 Å². The molecule has 314 valence electrons. The van der Waals surface area contributed by atoms with Gasteiger partial charge in [0.2, 0.25) is 0 Å². The topological polar surface area (TPSA) is 21.3 Å². The zero-order valence-electron chi connectivity index (χ0n) is 36.6. The van der Waals surface area contributed by atoms with Crippen molar-refractivity contribution in [1.29, 1.82) is 0 Å². The highest BCUT2D eigenvalue weighted by Crippen LogP contribution is 2.43. The number of furan rings is 1. The predicted octanol–water partition coefficient (Wildman–Crippen LogP) is 18.0. The lowest BCUT2D eigenvalue weighted by Crippen LogP contribution is -2.10. The van der Waals surface area contributed by atoms with E-state index in [9.17, 15) is 0 Å². The molecule has 0 aliphatic carbocycles. The van der Waals surface area contributed by atoms with Gasteiger partial charge in [-0.25, -0.2) is 0 Å². The molecule has 0 aliphatic heterocycles. The maximum Gasteiger partial charge on any atom is 0.135 e. The van der Waals surface area contributed by atoms with Gasteiger partial charge in [-0.15, -0.1) is 0 Å². The molecule has 0 fully saturated rings. The van der Waals surface area contributed by atoms with Gasteiger partial charge in [0.1, 0.15) is 11.2 Å². The maximum absolute atomic E-state index is 6.17. The van der Waals surface area contributed by atoms with E-state index in [-0.39, 0.29) is 0 Å². The van der Waals surface area contributed by atoms with Crippen molar-refractivity contribution < 1.29 is 4.42 Å². The fraction of sp³-hybridized carbons (Fsp3) is 0. The molecule has 67 heavy (non-hydrogen) atoms. The fourth-order valence-electron chi connectivity index (χ4n) is 10.1. The monoisotopic (exact) mass is 854 g/mol. The number of nitrogens with zero attached hydrogens (tertiary/aromatic N) is 2. The average molecular weight is 855 g/mol. The number of benzene rings is 11. The van der Waals surface area contributed by atoms with Crippen LogP contribution in [0.25, 0.3) is 105 Å². The van der Waals surface area contributed by atoms with Crippen molar-refractivity contribution in [2.24, 2.45) is 0 Å². The summed E-state index contributed by atoms with van der Waals surface area (Å²) in [6.07, 6.45) is 0. The molecule has 3 nitrogen and oxygen atoms in total. The quantitative estimate of drug-likeness (QED) is 0.152. The van der Waals surface area contributed by atoms with Crippen LogP contribution in [0.1, 0.15) is 0 Å². The number of hydrogen-bond acceptors (Lipinski definition) is 2. The Morgan fingerprint density at radius 2 is 0.791 bits per heavy atom. The van der Waals surface area contributed by atoms with E-state index < -0.39 is 0 Å². The van der Waals surface area contributed by atoms with E-state index in [1.807, 2.05) is 12.1 Å². The Balaban J connectivity index is 0.948. The van der Waals surface area contributed by atoms with E-state index in [1.54, 1.807) is 0 Å². The Kier molecular flexibility index (Phi) is 9.17. The summed E-state index contributed by atoms with van der Waals surface area (Å²) in [7, 11) is 0. The minimum absolute atomic E-state index is 0.899. The van der Waals surface area contributed by atoms with E-state index in [0.717, 1.165) is 72.5 Å². The predicted molar refractivity (Wildman–Crippen MR) is 282 cm³/mol. The van der Waals surface area contributed by atoms with Crippen molar-refractivity contribution >= 4 is 71.6 Å². The van der Waals surface area contributed by atoms with Crippen LogP contribution in [0.4, 0.5) is 17.1 Å². The van der Waals surface area contributed by atoms with Gasteiger partial charge in [-0.1, -0.05) is 176 Å². The molecule has 11 aromatic carbocycles. The van der Waals surface area contributed by atoms with E-state index in [2.05, 4.69) is 252 Å². The molecule has 0 radical (unpaired) electrons. The first-order valence-electron chi connectivity index (χ1n) is 22.9. The van der Waals surface area contributed by atoms with Crippen LogP contribution in [0.2, 0.25) is 0 Å². The van der Waals surface area contributed by atoms with Gasteiger partial charge in [0.25, 0.3) is 0 Å². The number of para-hydroxylation sites is 2. The highest BCUT2D eigenvalue weighted by Gasteiger charge is 2.19. The Hall–Kier alpha value is -8.92. The maximum atomic E-state index is 6.17. The lowest BCUT2D eigenvalue weighted by Gasteiger charge is -2.27. The first-order chi connectivity index (χ1) is 33.2. The second kappa shape index (κ2) is 16.0. The Morgan fingerprint density at radius 3 is 1.46 bits per heavy atom. The molecule has 0 saturated heterocycles. The Labute approximate surface area is 388 Å². The van der Waals surface area contributed by atoms with E-state index in [4.69, 9.17) is 4.42 Å². The smallest absolute Gasteiger partial charge is 0.135 e. The van der Waals surface area contributed by atoms with Crippen LogP contribution in [-0.2, 0) is 0 Å². The molecular weight excluding hydrogens is 813 g/mol. The second-order valence-electron chi connectivity index (χ2n) is 17.3. The number of hydrogen-bond donors (Lipinski definition) is 0. The number of fused-ring (bicyclic) bond motifs is 8. The van der Waals surface area contributed by atoms with Crippen LogP contribution in [0.3, 0.4) is 0 Å². The van der Waals surface area contributed by atoms with Gasteiger partial charge < -0.3 is 13.9 Å². The summed E-state index contributed by atoms with van der Waals surface area (Å²) < 4.78 is 8.61. The number of anilines is 3. The minimum atomic E-state index is 0.899. The summed E-state index contributed by atoms with van der Waals surface area (Å²) >= 11 is 0. The van der Waals surface area contributed by atoms with Crippen LogP contribution in [0.15, 0.2) is 259 Å². The lowest BCUT2D eigenvalue weighted by molar-refractivity contribution is 0.669. The molecule has 0 aliphatic rings. The summed E-state index contributed by atoms with van der Waals surface area (Å²) in [5.41, 5.74) is 17.9. The zero-order chi connectivity index (χ0) is 44.3. The highest BCUT2D eigenvalue weighted by molar-refractivity contribution is 6.19. The zero-order valence-corrected chi connectivity index (χ0v) is 36.6. The molecular formula is C64H42N2O. The van der Waals surface area contributed by atoms with Crippen molar-refractivity contribution in [2.45, 2.75) is 0 Å². The van der Waals surface area contributed by atoms with E-state index >= 15 is 0 Å². The third-order valence-electron chi connectivity index (χ3n) is 13.4. The fourth-order valence-corrected chi connectivity index (χ4v) is 10.1. The van der Waals surface area contributed by atoms with Gasteiger partial charge in [-0.2, -0.15) is 0 Å². The van der Waals surface area contributed by atoms with E-state index in [1.165, 1.54) is 49.3 Å². The standard InChI is InChI=1S/C64H42N2O/c1-4-14-43(15-5-1)50-38-51(44-16-6-2-7-17-44)40-55(39-50)65(53-31-24-45(25-32-53)48-30-37-63-60(41-48)58-22-12-13-23-62(58)67-63)54-33-26-46(27-34-54)49-29-35-57-59-36-28-47-18-10-11-21-56(47)64(59)66(61(57)42-49)52-19-8-3-9-20-52/h1-42H. The molecule has 0 saturated carbocycles. The summed E-state index contributed by atoms with van der Waals surface area (Å²) in [6.45, 7) is 0. The SMILES string of the molecule is c1ccc(-c2cc(-c3ccccc3)cc(N(c3ccc(-c4ccc5oc6ccccc6c5c4)cc3)c3ccc(-c4ccc5c6ccc7ccccc7c6n(-c6ccccc6)c5c4)cc3)c2)cc1. The summed E-state index contributed by atoms with van der Waals surface area (Å²) in [5.74, 6) is 0. The molecule has 0 atom stereocenters. The normalized spacial score (nSPS) is 11.6. The van der Waals surface area contributed by atoms with Crippen molar-refractivity contribution in [2.75, 3.05) is 4.90 Å². The van der Waals surface area contributed by atoms with Crippen LogP contribution >= 0.6 is 0 Å². The molecule has 0 N–H and O–H groups in total. The molecule has 0 unspecified atom stereocenters. The van der Waals surface area contributed by atoms with Crippen LogP contribution in [0.5, 0.6) is 0 Å². The number of rotatable bonds is 8. The van der Waals surface area contributed by atoms with Crippen molar-refractivity contribution in [3.8, 4) is 50.2 Å². The molecule has 3 heteroatoms. The van der Waals surface area contributed by atoms with Gasteiger partial charge in [-0.3, -0.25) is 0 Å². The van der Waals surface area contributed by atoms with Gasteiger partial charge in [0.15, 0.2) is 0 Å². The highest BCUT2D eigenvalue weighted by atomic mass is 16.3. The Bertz CT molecular complexity index is 3890. The molecule has 2 heterocycles. The van der Waals surface area contributed by atoms with Gasteiger partial charge in [0, 0.05) is 49.7 Å². The first kappa shape index (κ1) is 38.5. The molecule has 2 aromatic heterocycles. The summed E-state index contributed by atoms with van der Waals surface area (Å²) in [6, 6.07) is 92.1. The van der Waals surface area contributed by atoms with Crippen LogP contribution in [-0.4, -0.2) is 4.57 Å². The summed E-state index contributed by atoms with van der Waals surface area (Å²) in [4.78, 5) is 2.39. The van der Waals surface area contributed by atoms with Gasteiger partial charge in [-0.05, 0) is 129 Å². The Morgan fingerprint density at radius 1 is 0.284 bits per heavy atom. The van der Waals surface area contributed by atoms with Crippen molar-refractivity contribution in [1.82, 2.24) is 4.57 Å². The van der Waals surface area contributed by atoms with Crippen molar-refractivity contribution in [3.05, 3.63) is 255 Å². The van der Waals surface area contributed by atoms with Gasteiger partial charge in [0.05, 0.1) is 11.0 Å². The molecule has 0 amide bonds. The molecule has 13 aromatic rings. The third kappa shape index (κ3) is 6.76. The third-order valence-corrected chi connectivity index (χ3v) is 13.4. The lowest BCUT2D eigenvalue weighted by atomic mass is 9.97. The molecule has 13 rings (SSSR count). The van der Waals surface area contributed by atoms with E-state index in [0.29, 0.717) is 0 Å².